The number of hydrogen-bond acceptors (Lipinski definition) is 5. The molecular weight excluding hydrogens is 408 g/mol. The Morgan fingerprint density at radius 1 is 0.969 bits per heavy atom. The number of hydrogen-bond donors (Lipinski definition) is 1. The lowest BCUT2D eigenvalue weighted by Gasteiger charge is -2.39. The molecule has 0 aliphatic carbocycles. The zero-order valence-corrected chi connectivity index (χ0v) is 18.2. The van der Waals surface area contributed by atoms with E-state index in [0.29, 0.717) is 44.8 Å². The van der Waals surface area contributed by atoms with Crippen LogP contribution >= 0.6 is 0 Å². The summed E-state index contributed by atoms with van der Waals surface area (Å²) in [7, 11) is 1.64. The van der Waals surface area contributed by atoms with Crippen molar-refractivity contribution < 1.29 is 19.1 Å². The molecule has 2 aromatic carbocycles. The van der Waals surface area contributed by atoms with Crippen LogP contribution in [-0.2, 0) is 9.59 Å². The molecule has 2 fully saturated rings. The van der Waals surface area contributed by atoms with E-state index in [-0.39, 0.29) is 24.1 Å². The van der Waals surface area contributed by atoms with Gasteiger partial charge < -0.3 is 24.8 Å². The van der Waals surface area contributed by atoms with Crippen molar-refractivity contribution >= 4 is 23.4 Å². The minimum atomic E-state index is -0.788. The Kier molecular flexibility index (Phi) is 6.58. The first kappa shape index (κ1) is 21.7. The minimum Gasteiger partial charge on any atom is -0.497 e. The highest BCUT2D eigenvalue weighted by atomic mass is 16.5. The number of carbonyl (C=O) groups is 3. The van der Waals surface area contributed by atoms with E-state index in [9.17, 15) is 14.4 Å². The van der Waals surface area contributed by atoms with Gasteiger partial charge in [-0.3, -0.25) is 14.4 Å². The van der Waals surface area contributed by atoms with Gasteiger partial charge in [-0.15, -0.1) is 0 Å². The largest absolute Gasteiger partial charge is 0.497 e. The molecule has 2 aliphatic rings. The maximum atomic E-state index is 13.0. The van der Waals surface area contributed by atoms with E-state index < -0.39 is 6.04 Å². The summed E-state index contributed by atoms with van der Waals surface area (Å²) in [4.78, 5) is 44.1. The highest BCUT2D eigenvalue weighted by molar-refractivity contribution is 5.99. The summed E-state index contributed by atoms with van der Waals surface area (Å²) in [5.41, 5.74) is 1.61. The number of methoxy groups -OCH3 is 1. The second-order valence-corrected chi connectivity index (χ2v) is 7.94. The summed E-state index contributed by atoms with van der Waals surface area (Å²) >= 11 is 0. The van der Waals surface area contributed by atoms with Crippen LogP contribution in [0.1, 0.15) is 16.8 Å². The first-order valence-corrected chi connectivity index (χ1v) is 10.9. The Labute approximate surface area is 187 Å². The van der Waals surface area contributed by atoms with Gasteiger partial charge in [-0.1, -0.05) is 18.2 Å². The minimum absolute atomic E-state index is 0.00700. The fourth-order valence-corrected chi connectivity index (χ4v) is 4.21. The molecule has 0 radical (unpaired) electrons. The molecule has 168 valence electrons. The van der Waals surface area contributed by atoms with E-state index in [0.717, 1.165) is 11.4 Å². The molecule has 2 aliphatic heterocycles. The van der Waals surface area contributed by atoms with Gasteiger partial charge in [-0.25, -0.2) is 0 Å². The Morgan fingerprint density at radius 3 is 2.31 bits per heavy atom. The van der Waals surface area contributed by atoms with Gasteiger partial charge >= 0.3 is 0 Å². The van der Waals surface area contributed by atoms with Crippen LogP contribution in [-0.4, -0.2) is 79.9 Å². The number of amides is 3. The topological polar surface area (TPSA) is 82.2 Å². The third kappa shape index (κ3) is 4.69. The molecule has 1 atom stereocenters. The van der Waals surface area contributed by atoms with Crippen molar-refractivity contribution in [3.8, 4) is 5.75 Å². The number of anilines is 1. The molecule has 32 heavy (non-hydrogen) atoms. The molecule has 8 heteroatoms. The Bertz CT molecular complexity index is 956. The van der Waals surface area contributed by atoms with Gasteiger partial charge in [0.05, 0.1) is 13.5 Å². The third-order valence-corrected chi connectivity index (χ3v) is 6.05. The summed E-state index contributed by atoms with van der Waals surface area (Å²) < 4.78 is 5.21. The number of nitrogens with zero attached hydrogens (tertiary/aromatic N) is 3. The van der Waals surface area contributed by atoms with Crippen molar-refractivity contribution in [2.75, 3.05) is 51.3 Å². The molecule has 1 unspecified atom stereocenters. The predicted molar refractivity (Wildman–Crippen MR) is 121 cm³/mol. The van der Waals surface area contributed by atoms with Crippen LogP contribution in [0.25, 0.3) is 0 Å². The summed E-state index contributed by atoms with van der Waals surface area (Å²) in [5, 5.41) is 2.79. The maximum absolute atomic E-state index is 13.0. The molecule has 4 rings (SSSR count). The molecule has 3 amide bonds. The van der Waals surface area contributed by atoms with Crippen molar-refractivity contribution in [3.05, 3.63) is 60.2 Å². The van der Waals surface area contributed by atoms with Crippen LogP contribution in [0.15, 0.2) is 54.6 Å². The highest BCUT2D eigenvalue weighted by Gasteiger charge is 2.36. The van der Waals surface area contributed by atoms with Gasteiger partial charge in [0.15, 0.2) is 0 Å². The van der Waals surface area contributed by atoms with Gasteiger partial charge in [0, 0.05) is 50.5 Å². The van der Waals surface area contributed by atoms with E-state index in [1.54, 1.807) is 36.3 Å². The van der Waals surface area contributed by atoms with Gasteiger partial charge in [0.2, 0.25) is 11.8 Å². The van der Waals surface area contributed by atoms with E-state index in [2.05, 4.69) is 10.2 Å². The maximum Gasteiger partial charge on any atom is 0.254 e. The highest BCUT2D eigenvalue weighted by Crippen LogP contribution is 2.21. The SMILES string of the molecule is COc1ccc(N2CCN(C(=O)CC3C(=O)NCCN3C(=O)c3ccccc3)CC2)cc1. The van der Waals surface area contributed by atoms with Crippen LogP contribution in [0.3, 0.4) is 0 Å². The lowest BCUT2D eigenvalue weighted by Crippen LogP contribution is -2.59. The molecule has 2 heterocycles. The lowest BCUT2D eigenvalue weighted by molar-refractivity contribution is -0.138. The molecule has 0 saturated carbocycles. The van der Waals surface area contributed by atoms with Crippen LogP contribution in [0.2, 0.25) is 0 Å². The average Bonchev–Trinajstić information content (AvgIpc) is 2.85. The van der Waals surface area contributed by atoms with Crippen molar-refractivity contribution in [2.45, 2.75) is 12.5 Å². The molecule has 0 aromatic heterocycles. The fourth-order valence-electron chi connectivity index (χ4n) is 4.21. The smallest absolute Gasteiger partial charge is 0.254 e. The number of benzene rings is 2. The van der Waals surface area contributed by atoms with E-state index >= 15 is 0 Å². The Balaban J connectivity index is 1.37. The standard InChI is InChI=1S/C24H28N4O4/c1-32-20-9-7-19(8-10-20)26-13-15-27(16-14-26)22(29)17-21-23(30)25-11-12-28(21)24(31)18-5-3-2-4-6-18/h2-10,21H,11-17H2,1H3,(H,25,30). The number of nitrogens with one attached hydrogen (secondary N) is 1. The molecule has 8 nitrogen and oxygen atoms in total. The van der Waals surface area contributed by atoms with Gasteiger partial charge in [0.25, 0.3) is 5.91 Å². The number of piperazine rings is 2. The first-order valence-electron chi connectivity index (χ1n) is 10.9. The van der Waals surface area contributed by atoms with Crippen molar-refractivity contribution in [1.82, 2.24) is 15.1 Å². The van der Waals surface area contributed by atoms with Gasteiger partial charge in [-0.05, 0) is 36.4 Å². The number of ether oxygens (including phenoxy) is 1. The molecule has 1 N–H and O–H groups in total. The summed E-state index contributed by atoms with van der Waals surface area (Å²) in [5.74, 6) is 0.212. The molecule has 2 saturated heterocycles. The van der Waals surface area contributed by atoms with Crippen LogP contribution in [0.4, 0.5) is 5.69 Å². The molecule has 2 aromatic rings. The van der Waals surface area contributed by atoms with Crippen molar-refractivity contribution in [3.63, 3.8) is 0 Å². The van der Waals surface area contributed by atoms with Crippen molar-refractivity contribution in [1.29, 1.82) is 0 Å². The van der Waals surface area contributed by atoms with Gasteiger partial charge in [-0.2, -0.15) is 0 Å². The van der Waals surface area contributed by atoms with Gasteiger partial charge in [0.1, 0.15) is 11.8 Å². The molecule has 0 bridgehead atoms. The van der Waals surface area contributed by atoms with Crippen LogP contribution < -0.4 is 15.0 Å². The Morgan fingerprint density at radius 2 is 1.66 bits per heavy atom. The quantitative estimate of drug-likeness (QED) is 0.766. The first-order chi connectivity index (χ1) is 15.6. The second-order valence-electron chi connectivity index (χ2n) is 7.94. The van der Waals surface area contributed by atoms with Crippen molar-refractivity contribution in [2.24, 2.45) is 0 Å². The van der Waals surface area contributed by atoms with E-state index in [4.69, 9.17) is 4.74 Å². The Hall–Kier alpha value is -3.55. The summed E-state index contributed by atoms with van der Waals surface area (Å²) in [6.07, 6.45) is -0.00700. The predicted octanol–water partition coefficient (Wildman–Crippen LogP) is 1.37. The zero-order chi connectivity index (χ0) is 22.5. The third-order valence-electron chi connectivity index (χ3n) is 6.05. The fraction of sp³-hybridized carbons (Fsp3) is 0.375. The summed E-state index contributed by atoms with van der Waals surface area (Å²) in [6, 6.07) is 16.0. The second kappa shape index (κ2) is 9.72. The normalized spacial score (nSPS) is 18.8. The molecule has 0 spiro atoms. The average molecular weight is 437 g/mol. The molecular formula is C24H28N4O4. The zero-order valence-electron chi connectivity index (χ0n) is 18.2. The number of rotatable bonds is 5. The summed E-state index contributed by atoms with van der Waals surface area (Å²) in [6.45, 7) is 3.35. The monoisotopic (exact) mass is 436 g/mol. The van der Waals surface area contributed by atoms with Crippen LogP contribution in [0.5, 0.6) is 5.75 Å². The van der Waals surface area contributed by atoms with E-state index in [1.807, 2.05) is 30.3 Å². The number of carbonyl (C=O) groups excluding carboxylic acids is 3. The van der Waals surface area contributed by atoms with E-state index in [1.165, 1.54) is 4.90 Å². The lowest BCUT2D eigenvalue weighted by atomic mass is 10.1. The van der Waals surface area contributed by atoms with Crippen LogP contribution in [0, 0.1) is 0 Å².